The van der Waals surface area contributed by atoms with Crippen molar-refractivity contribution in [3.63, 3.8) is 0 Å². The molecule has 0 bridgehead atoms. The summed E-state index contributed by atoms with van der Waals surface area (Å²) in [5.41, 5.74) is 18.6. The Balaban J connectivity index is 0.000000402. The molecule has 2 aliphatic carbocycles. The number of benzene rings is 10. The Morgan fingerprint density at radius 3 is 1.61 bits per heavy atom. The molecule has 0 amide bonds. The maximum atomic E-state index is 3.77. The number of aryl methyl sites for hydroxylation is 3. The highest BCUT2D eigenvalue weighted by atomic mass is 14.8. The molecule has 0 radical (unpaired) electrons. The van der Waals surface area contributed by atoms with Gasteiger partial charge in [-0.05, 0) is 164 Å². The summed E-state index contributed by atoms with van der Waals surface area (Å²) in [4.78, 5) is 0. The summed E-state index contributed by atoms with van der Waals surface area (Å²) in [5, 5.41) is 13.9. The molecule has 1 unspecified atom stereocenters. The molecule has 1 heteroatoms. The van der Waals surface area contributed by atoms with Gasteiger partial charge in [0.25, 0.3) is 0 Å². The number of fused-ring (bicyclic) bond motifs is 3. The first-order chi connectivity index (χ1) is 39.3. The number of hydrogen-bond donors (Lipinski definition) is 1. The lowest BCUT2D eigenvalue weighted by Gasteiger charge is -2.29. The van der Waals surface area contributed by atoms with Gasteiger partial charge in [0.1, 0.15) is 0 Å². The van der Waals surface area contributed by atoms with E-state index >= 15 is 0 Å². The lowest BCUT2D eigenvalue weighted by atomic mass is 9.76. The summed E-state index contributed by atoms with van der Waals surface area (Å²) in [5.74, 6) is 0.347. The van der Waals surface area contributed by atoms with E-state index in [1.165, 1.54) is 115 Å². The summed E-state index contributed by atoms with van der Waals surface area (Å²) in [6, 6.07) is 84.4. The average Bonchev–Trinajstić information content (AvgIpc) is 3.62. The third-order valence-electron chi connectivity index (χ3n) is 15.0. The van der Waals surface area contributed by atoms with E-state index in [1.807, 2.05) is 64.1 Å². The maximum Gasteiger partial charge on any atom is 0.0465 e. The van der Waals surface area contributed by atoms with Crippen molar-refractivity contribution in [2.75, 3.05) is 5.32 Å². The second kappa shape index (κ2) is 28.7. The van der Waals surface area contributed by atoms with Crippen LogP contribution in [-0.2, 0) is 0 Å². The summed E-state index contributed by atoms with van der Waals surface area (Å²) in [6.45, 7) is 19.2. The fourth-order valence-corrected chi connectivity index (χ4v) is 11.0. The Morgan fingerprint density at radius 2 is 1.00 bits per heavy atom. The van der Waals surface area contributed by atoms with Crippen LogP contribution in [0.25, 0.3) is 61.5 Å². The SMILES string of the molecule is CC.CC.CC1=C(c2ccccc2)C=C(C2=c3ccccc3=C(c3cc(N/C=C/C=c4\c(=C/c5ccc(-c6ccccc6)cc5)ccc5ccccc45)c4ccccc4c3C)C(C)C2)CC1.Cc1ccccc1.Cc1ccccc1. The normalized spacial score (nSPS) is 14.1. The van der Waals surface area contributed by atoms with Crippen LogP contribution < -0.4 is 26.2 Å². The van der Waals surface area contributed by atoms with Crippen molar-refractivity contribution in [1.29, 1.82) is 0 Å². The molecule has 10 aromatic rings. The van der Waals surface area contributed by atoms with Crippen molar-refractivity contribution in [2.24, 2.45) is 5.92 Å². The monoisotopic (exact) mass is 1040 g/mol. The van der Waals surface area contributed by atoms with Gasteiger partial charge in [-0.1, -0.05) is 294 Å². The van der Waals surface area contributed by atoms with Crippen molar-refractivity contribution >= 4 is 56.1 Å². The number of nitrogens with one attached hydrogen (secondary N) is 1. The Kier molecular flexibility index (Phi) is 20.6. The van der Waals surface area contributed by atoms with E-state index in [0.717, 1.165) is 24.9 Å². The zero-order chi connectivity index (χ0) is 56.2. The maximum absolute atomic E-state index is 3.77. The minimum atomic E-state index is 0.347. The largest absolute Gasteiger partial charge is 0.361 e. The zero-order valence-electron chi connectivity index (χ0n) is 48.6. The van der Waals surface area contributed by atoms with E-state index < -0.39 is 0 Å². The van der Waals surface area contributed by atoms with Gasteiger partial charge in [0.2, 0.25) is 0 Å². The van der Waals surface area contributed by atoms with Gasteiger partial charge < -0.3 is 5.32 Å². The van der Waals surface area contributed by atoms with Crippen LogP contribution in [0.15, 0.2) is 266 Å². The van der Waals surface area contributed by atoms with E-state index in [4.69, 9.17) is 0 Å². The van der Waals surface area contributed by atoms with Crippen LogP contribution in [0.2, 0.25) is 0 Å². The van der Waals surface area contributed by atoms with E-state index in [9.17, 15) is 0 Å². The third-order valence-corrected chi connectivity index (χ3v) is 15.0. The molecule has 1 nitrogen and oxygen atoms in total. The molecule has 0 fully saturated rings. The first-order valence-electron chi connectivity index (χ1n) is 28.9. The third kappa shape index (κ3) is 14.1. The minimum absolute atomic E-state index is 0.347. The van der Waals surface area contributed by atoms with Crippen LogP contribution in [0, 0.1) is 26.7 Å². The van der Waals surface area contributed by atoms with Crippen molar-refractivity contribution in [1.82, 2.24) is 0 Å². The highest BCUT2D eigenvalue weighted by Crippen LogP contribution is 2.41. The van der Waals surface area contributed by atoms with Gasteiger partial charge in [-0.25, -0.2) is 0 Å². The molecule has 12 rings (SSSR count). The van der Waals surface area contributed by atoms with Gasteiger partial charge in [0.05, 0.1) is 0 Å². The number of hydrogen-bond acceptors (Lipinski definition) is 1. The molecule has 0 aromatic heterocycles. The van der Waals surface area contributed by atoms with Crippen LogP contribution in [0.1, 0.15) is 94.2 Å². The van der Waals surface area contributed by atoms with Crippen molar-refractivity contribution < 1.29 is 0 Å². The Labute approximate surface area is 477 Å². The van der Waals surface area contributed by atoms with Gasteiger partial charge >= 0.3 is 0 Å². The smallest absolute Gasteiger partial charge is 0.0465 e. The second-order valence-corrected chi connectivity index (χ2v) is 20.3. The molecule has 400 valence electrons. The van der Waals surface area contributed by atoms with Gasteiger partial charge in [-0.15, -0.1) is 0 Å². The number of rotatable bonds is 8. The Bertz CT molecular complexity index is 3960. The van der Waals surface area contributed by atoms with Crippen molar-refractivity contribution in [2.45, 2.75) is 81.6 Å². The Morgan fingerprint density at radius 1 is 0.475 bits per heavy atom. The van der Waals surface area contributed by atoms with Gasteiger partial charge in [0, 0.05) is 17.3 Å². The topological polar surface area (TPSA) is 12.0 Å². The highest BCUT2D eigenvalue weighted by molar-refractivity contribution is 6.00. The molecular formula is C79H79N. The summed E-state index contributed by atoms with van der Waals surface area (Å²) < 4.78 is 0. The van der Waals surface area contributed by atoms with Gasteiger partial charge in [-0.2, -0.15) is 0 Å². The summed E-state index contributed by atoms with van der Waals surface area (Å²) >= 11 is 0. The quantitative estimate of drug-likeness (QED) is 0.160. The van der Waals surface area contributed by atoms with Crippen LogP contribution in [0.3, 0.4) is 0 Å². The summed E-state index contributed by atoms with van der Waals surface area (Å²) in [6.07, 6.45) is 14.5. The first kappa shape index (κ1) is 57.4. The van der Waals surface area contributed by atoms with E-state index in [-0.39, 0.29) is 0 Å². The fourth-order valence-electron chi connectivity index (χ4n) is 11.0. The molecular weight excluding hydrogens is 963 g/mol. The molecule has 80 heavy (non-hydrogen) atoms. The van der Waals surface area contributed by atoms with Crippen LogP contribution in [0.5, 0.6) is 0 Å². The lowest BCUT2D eigenvalue weighted by Crippen LogP contribution is -2.36. The number of allylic oxidation sites excluding steroid dienone is 5. The molecule has 2 aliphatic rings. The van der Waals surface area contributed by atoms with E-state index in [2.05, 4.69) is 271 Å². The molecule has 0 saturated heterocycles. The van der Waals surface area contributed by atoms with Crippen LogP contribution >= 0.6 is 0 Å². The Hall–Kier alpha value is -8.78. The van der Waals surface area contributed by atoms with Crippen LogP contribution in [0.4, 0.5) is 5.69 Å². The predicted molar refractivity (Wildman–Crippen MR) is 351 cm³/mol. The molecule has 0 spiro atoms. The highest BCUT2D eigenvalue weighted by Gasteiger charge is 2.25. The minimum Gasteiger partial charge on any atom is -0.361 e. The zero-order valence-corrected chi connectivity index (χ0v) is 48.6. The molecule has 0 aliphatic heterocycles. The van der Waals surface area contributed by atoms with E-state index in [0.29, 0.717) is 5.92 Å². The van der Waals surface area contributed by atoms with Crippen LogP contribution in [-0.4, -0.2) is 0 Å². The summed E-state index contributed by atoms with van der Waals surface area (Å²) in [7, 11) is 0. The van der Waals surface area contributed by atoms with Gasteiger partial charge in [0.15, 0.2) is 0 Å². The average molecular weight is 1040 g/mol. The molecule has 1 N–H and O–H groups in total. The number of anilines is 1. The standard InChI is InChI=1S/C61H51N.2C7H8.2C2H6/c1-41-28-31-50(39-57(41)47-19-8-5-9-20-47)59-37-42(2)61(56-26-15-13-24-54(56)59)58-40-60(55-25-14-12-22-51(55)43(58)3)62-36-16-27-53-49(35-34-48-21-10-11-23-52(48)53)38-44-29-32-46(33-30-44)45-17-6-4-7-18-45;2*1-7-5-3-2-4-6-7;2*1-2/h4-27,29-30,32-36,38-40,42,62H,28,31,37H2,1-3H3;2*2-6H,1H3;2*1-2H3/b36-16+,49-38-,53-27+;;;;. The molecule has 0 heterocycles. The van der Waals surface area contributed by atoms with E-state index in [1.54, 1.807) is 0 Å². The lowest BCUT2D eigenvalue weighted by molar-refractivity contribution is 0.751. The van der Waals surface area contributed by atoms with Crippen molar-refractivity contribution in [3.05, 3.63) is 320 Å². The second-order valence-electron chi connectivity index (χ2n) is 20.3. The first-order valence-corrected chi connectivity index (χ1v) is 28.9. The fraction of sp³-hybridized carbons (Fsp3) is 0.165. The molecule has 10 aromatic carbocycles. The molecule has 1 atom stereocenters. The molecule has 0 saturated carbocycles. The predicted octanol–water partition coefficient (Wildman–Crippen LogP) is 18.8. The van der Waals surface area contributed by atoms with Gasteiger partial charge in [-0.3, -0.25) is 0 Å². The van der Waals surface area contributed by atoms with Crippen molar-refractivity contribution in [3.8, 4) is 11.1 Å².